The van der Waals surface area contributed by atoms with Crippen LogP contribution in [-0.4, -0.2) is 35.3 Å². The Balaban J connectivity index is 1.89. The topological polar surface area (TPSA) is 88.0 Å². The maximum Gasteiger partial charge on any atom is 0.416 e. The standard InChI is InChI=1S/C20H14ClF3N2O4/c21-14-3-1-2-4-17(14)30-16-8-5-11(20(22,23)24)9-13(16)18(27)26-12-6-7-15(19(28)29)25-10-12/h1-9,12H,10H2,(H,26,27)(H,28,29). The highest BCUT2D eigenvalue weighted by Crippen LogP contribution is 2.35. The summed E-state index contributed by atoms with van der Waals surface area (Å²) < 4.78 is 45.0. The van der Waals surface area contributed by atoms with Gasteiger partial charge in [-0.2, -0.15) is 13.2 Å². The number of nitrogens with one attached hydrogen (secondary N) is 1. The van der Waals surface area contributed by atoms with E-state index in [1.165, 1.54) is 24.3 Å². The number of aliphatic imine (C=N–C) groups is 1. The molecular weight excluding hydrogens is 425 g/mol. The Kier molecular flexibility index (Phi) is 6.12. The van der Waals surface area contributed by atoms with Gasteiger partial charge in [-0.05, 0) is 36.4 Å². The molecule has 1 heterocycles. The SMILES string of the molecule is O=C(O)C1=NCC(NC(=O)c2cc(C(F)(F)F)ccc2Oc2ccccc2Cl)C=C1. The minimum atomic E-state index is -4.66. The summed E-state index contributed by atoms with van der Waals surface area (Å²) in [5, 5.41) is 11.6. The number of carboxylic acids is 1. The third-order valence-electron chi connectivity index (χ3n) is 4.09. The van der Waals surface area contributed by atoms with Crippen LogP contribution in [0.25, 0.3) is 0 Å². The van der Waals surface area contributed by atoms with Gasteiger partial charge in [0.1, 0.15) is 17.2 Å². The summed E-state index contributed by atoms with van der Waals surface area (Å²) >= 11 is 6.03. The van der Waals surface area contributed by atoms with E-state index in [-0.39, 0.29) is 34.3 Å². The number of benzene rings is 2. The number of dihydropyridines is 1. The number of nitrogens with zero attached hydrogens (tertiary/aromatic N) is 1. The highest BCUT2D eigenvalue weighted by molar-refractivity contribution is 6.40. The second-order valence-corrected chi connectivity index (χ2v) is 6.62. The van der Waals surface area contributed by atoms with Crippen molar-refractivity contribution in [3.63, 3.8) is 0 Å². The number of amides is 1. The number of hydrogen-bond acceptors (Lipinski definition) is 4. The summed E-state index contributed by atoms with van der Waals surface area (Å²) in [6, 6.07) is 8.14. The fourth-order valence-corrected chi connectivity index (χ4v) is 2.79. The Hall–Kier alpha value is -3.33. The zero-order valence-electron chi connectivity index (χ0n) is 15.1. The number of carbonyl (C=O) groups is 2. The molecule has 0 aromatic heterocycles. The van der Waals surface area contributed by atoms with Crippen molar-refractivity contribution in [3.05, 3.63) is 70.8 Å². The van der Waals surface area contributed by atoms with E-state index in [0.29, 0.717) is 6.07 Å². The maximum atomic E-state index is 13.2. The van der Waals surface area contributed by atoms with Crippen molar-refractivity contribution in [2.45, 2.75) is 12.2 Å². The van der Waals surface area contributed by atoms with Crippen molar-refractivity contribution in [2.75, 3.05) is 6.54 Å². The van der Waals surface area contributed by atoms with Crippen LogP contribution in [0.3, 0.4) is 0 Å². The maximum absolute atomic E-state index is 13.2. The minimum absolute atomic E-state index is 0.0659. The van der Waals surface area contributed by atoms with Gasteiger partial charge in [-0.3, -0.25) is 9.79 Å². The first-order valence-corrected chi connectivity index (χ1v) is 8.93. The largest absolute Gasteiger partial charge is 0.477 e. The molecule has 2 aromatic rings. The lowest BCUT2D eigenvalue weighted by molar-refractivity contribution is -0.137. The summed E-state index contributed by atoms with van der Waals surface area (Å²) in [6.45, 7) is -0.0659. The Labute approximate surface area is 173 Å². The highest BCUT2D eigenvalue weighted by atomic mass is 35.5. The van der Waals surface area contributed by atoms with Crippen molar-refractivity contribution in [1.82, 2.24) is 5.32 Å². The second-order valence-electron chi connectivity index (χ2n) is 6.21. The van der Waals surface area contributed by atoms with E-state index < -0.39 is 29.7 Å². The van der Waals surface area contributed by atoms with E-state index in [9.17, 15) is 22.8 Å². The van der Waals surface area contributed by atoms with Crippen LogP contribution in [0.1, 0.15) is 15.9 Å². The van der Waals surface area contributed by atoms with Gasteiger partial charge < -0.3 is 15.2 Å². The normalized spacial score (nSPS) is 16.0. The third-order valence-corrected chi connectivity index (χ3v) is 4.40. The van der Waals surface area contributed by atoms with E-state index >= 15 is 0 Å². The summed E-state index contributed by atoms with van der Waals surface area (Å²) in [5.41, 5.74) is -1.56. The molecular formula is C20H14ClF3N2O4. The molecule has 1 aliphatic rings. The Morgan fingerprint density at radius 3 is 2.50 bits per heavy atom. The van der Waals surface area contributed by atoms with E-state index in [0.717, 1.165) is 12.1 Å². The van der Waals surface area contributed by atoms with Crippen molar-refractivity contribution in [2.24, 2.45) is 4.99 Å². The number of ether oxygens (including phenoxy) is 1. The average molecular weight is 439 g/mol. The van der Waals surface area contributed by atoms with Gasteiger partial charge in [0.15, 0.2) is 0 Å². The van der Waals surface area contributed by atoms with Crippen LogP contribution in [0.2, 0.25) is 5.02 Å². The third kappa shape index (κ3) is 4.98. The zero-order valence-corrected chi connectivity index (χ0v) is 15.9. The first kappa shape index (κ1) is 21.4. The molecule has 0 saturated carbocycles. The van der Waals surface area contributed by atoms with Gasteiger partial charge >= 0.3 is 12.1 Å². The molecule has 0 aliphatic carbocycles. The van der Waals surface area contributed by atoms with Gasteiger partial charge in [0.2, 0.25) is 0 Å². The Morgan fingerprint density at radius 2 is 1.90 bits per heavy atom. The molecule has 0 spiro atoms. The predicted octanol–water partition coefficient (Wildman–Crippen LogP) is 4.34. The van der Waals surface area contributed by atoms with Gasteiger partial charge in [-0.15, -0.1) is 0 Å². The van der Waals surface area contributed by atoms with Crippen LogP contribution in [0.15, 0.2) is 59.6 Å². The summed E-state index contributed by atoms with van der Waals surface area (Å²) in [5.74, 6) is -2.01. The lowest BCUT2D eigenvalue weighted by Crippen LogP contribution is -2.38. The number of carboxylic acid groups (broad SMARTS) is 1. The van der Waals surface area contributed by atoms with Gasteiger partial charge in [0.05, 0.1) is 28.7 Å². The molecule has 0 bridgehead atoms. The smallest absolute Gasteiger partial charge is 0.416 e. The van der Waals surface area contributed by atoms with Crippen LogP contribution in [-0.2, 0) is 11.0 Å². The minimum Gasteiger partial charge on any atom is -0.477 e. The van der Waals surface area contributed by atoms with Gasteiger partial charge in [0.25, 0.3) is 5.91 Å². The molecule has 1 amide bonds. The fraction of sp³-hybridized carbons (Fsp3) is 0.150. The quantitative estimate of drug-likeness (QED) is 0.726. The van der Waals surface area contributed by atoms with Crippen LogP contribution in [0, 0.1) is 0 Å². The molecule has 1 unspecified atom stereocenters. The Bertz CT molecular complexity index is 1050. The van der Waals surface area contributed by atoms with Crippen molar-refractivity contribution >= 4 is 29.2 Å². The summed E-state index contributed by atoms with van der Waals surface area (Å²) in [4.78, 5) is 27.4. The number of alkyl halides is 3. The lowest BCUT2D eigenvalue weighted by atomic mass is 10.1. The molecule has 3 rings (SSSR count). The number of aliphatic carboxylic acids is 1. The summed E-state index contributed by atoms with van der Waals surface area (Å²) in [6.07, 6.45) is -2.05. The van der Waals surface area contributed by atoms with Crippen molar-refractivity contribution < 1.29 is 32.6 Å². The molecule has 1 aliphatic heterocycles. The van der Waals surface area contributed by atoms with Gasteiger partial charge in [-0.25, -0.2) is 4.79 Å². The van der Waals surface area contributed by atoms with Crippen LogP contribution in [0.5, 0.6) is 11.5 Å². The molecule has 1 atom stereocenters. The molecule has 0 radical (unpaired) electrons. The molecule has 30 heavy (non-hydrogen) atoms. The monoisotopic (exact) mass is 438 g/mol. The van der Waals surface area contributed by atoms with Crippen LogP contribution < -0.4 is 10.1 Å². The average Bonchev–Trinajstić information content (AvgIpc) is 2.69. The summed E-state index contributed by atoms with van der Waals surface area (Å²) in [7, 11) is 0. The molecule has 10 heteroatoms. The van der Waals surface area contributed by atoms with Crippen LogP contribution >= 0.6 is 11.6 Å². The van der Waals surface area contributed by atoms with E-state index in [1.807, 2.05) is 0 Å². The number of para-hydroxylation sites is 1. The lowest BCUT2D eigenvalue weighted by Gasteiger charge is -2.19. The molecule has 2 N–H and O–H groups in total. The Morgan fingerprint density at radius 1 is 1.17 bits per heavy atom. The highest BCUT2D eigenvalue weighted by Gasteiger charge is 2.32. The van der Waals surface area contributed by atoms with Crippen molar-refractivity contribution in [1.29, 1.82) is 0 Å². The van der Waals surface area contributed by atoms with E-state index in [1.54, 1.807) is 12.1 Å². The van der Waals surface area contributed by atoms with Crippen molar-refractivity contribution in [3.8, 4) is 11.5 Å². The first-order chi connectivity index (χ1) is 14.1. The number of carbonyl (C=O) groups excluding carboxylic acids is 1. The van der Waals surface area contributed by atoms with E-state index in [4.69, 9.17) is 21.4 Å². The fourth-order valence-electron chi connectivity index (χ4n) is 2.62. The number of halogens is 4. The molecule has 156 valence electrons. The van der Waals surface area contributed by atoms with E-state index in [2.05, 4.69) is 10.3 Å². The molecule has 6 nitrogen and oxygen atoms in total. The first-order valence-electron chi connectivity index (χ1n) is 8.55. The molecule has 0 fully saturated rings. The predicted molar refractivity (Wildman–Crippen MR) is 103 cm³/mol. The molecule has 2 aromatic carbocycles. The number of rotatable bonds is 5. The molecule has 0 saturated heterocycles. The van der Waals surface area contributed by atoms with Gasteiger partial charge in [0, 0.05) is 0 Å². The zero-order chi connectivity index (χ0) is 21.9. The number of hydrogen-bond donors (Lipinski definition) is 2. The van der Waals surface area contributed by atoms with Crippen LogP contribution in [0.4, 0.5) is 13.2 Å². The van der Waals surface area contributed by atoms with Gasteiger partial charge in [-0.1, -0.05) is 29.8 Å². The second kappa shape index (κ2) is 8.58.